The minimum Gasteiger partial charge on any atom is -0.427 e. The lowest BCUT2D eigenvalue weighted by Gasteiger charge is -2.23. The molecule has 2 fully saturated rings. The average molecular weight is 434 g/mol. The van der Waals surface area contributed by atoms with Crippen LogP contribution < -0.4 is 9.84 Å². The summed E-state index contributed by atoms with van der Waals surface area (Å²) in [5.41, 5.74) is 2.29. The summed E-state index contributed by atoms with van der Waals surface area (Å²) in [6, 6.07) is 13.9. The number of hydrogen-bond acceptors (Lipinski definition) is 5. The van der Waals surface area contributed by atoms with Gasteiger partial charge < -0.3 is 24.5 Å². The summed E-state index contributed by atoms with van der Waals surface area (Å²) < 4.78 is 17.4. The Balaban J connectivity index is 0.000000172. The third-order valence-corrected chi connectivity index (χ3v) is 5.71. The number of piperidine rings is 1. The molecule has 30 heavy (non-hydrogen) atoms. The molecule has 0 atom stereocenters. The van der Waals surface area contributed by atoms with E-state index in [0.717, 1.165) is 44.5 Å². The van der Waals surface area contributed by atoms with E-state index in [1.54, 1.807) is 24.3 Å². The van der Waals surface area contributed by atoms with E-state index in [0.29, 0.717) is 24.6 Å². The number of amides is 1. The second kappa shape index (κ2) is 11.4. The van der Waals surface area contributed by atoms with Crippen LogP contribution in [0.25, 0.3) is 0 Å². The number of halogens is 1. The van der Waals surface area contributed by atoms with Crippen LogP contribution >= 0.6 is 8.60 Å². The normalized spacial score (nSPS) is 17.1. The first-order chi connectivity index (χ1) is 14.5. The predicted octanol–water partition coefficient (Wildman–Crippen LogP) is 3.69. The van der Waals surface area contributed by atoms with Gasteiger partial charge in [0.1, 0.15) is 11.6 Å². The van der Waals surface area contributed by atoms with Gasteiger partial charge in [0, 0.05) is 19.5 Å². The van der Waals surface area contributed by atoms with Crippen molar-refractivity contribution >= 4 is 14.5 Å². The highest BCUT2D eigenvalue weighted by Gasteiger charge is 2.19. The molecule has 1 amide bonds. The molecule has 2 heterocycles. The second-order valence-electron chi connectivity index (χ2n) is 7.48. The molecule has 0 saturated carbocycles. The Kier molecular flexibility index (Phi) is 8.58. The largest absolute Gasteiger partial charge is 0.427 e. The van der Waals surface area contributed by atoms with E-state index in [2.05, 4.69) is 5.32 Å². The molecule has 3 N–H and O–H groups in total. The number of rotatable bonds is 5. The molecule has 0 spiro atoms. The van der Waals surface area contributed by atoms with Gasteiger partial charge in [-0.15, -0.1) is 0 Å². The van der Waals surface area contributed by atoms with Gasteiger partial charge in [0.25, 0.3) is 0 Å². The third kappa shape index (κ3) is 7.03. The average Bonchev–Trinajstić information content (AvgIpc) is 3.15. The maximum atomic E-state index is 12.6. The molecule has 4 rings (SSSR count). The van der Waals surface area contributed by atoms with Crippen molar-refractivity contribution in [1.82, 2.24) is 10.2 Å². The Labute approximate surface area is 177 Å². The van der Waals surface area contributed by atoms with Crippen molar-refractivity contribution in [3.63, 3.8) is 0 Å². The Morgan fingerprint density at radius 3 is 2.30 bits per heavy atom. The van der Waals surface area contributed by atoms with E-state index in [9.17, 15) is 9.18 Å². The molecule has 8 heteroatoms. The van der Waals surface area contributed by atoms with Crippen LogP contribution in [0.15, 0.2) is 48.5 Å². The van der Waals surface area contributed by atoms with Crippen molar-refractivity contribution in [1.29, 1.82) is 0 Å². The number of benzene rings is 2. The van der Waals surface area contributed by atoms with Crippen LogP contribution in [0.1, 0.15) is 42.7 Å². The molecular weight excluding hydrogens is 406 g/mol. The van der Waals surface area contributed by atoms with Gasteiger partial charge in [-0.25, -0.2) is 4.39 Å². The molecule has 2 aromatic carbocycles. The van der Waals surface area contributed by atoms with Gasteiger partial charge in [-0.05, 0) is 73.7 Å². The lowest BCUT2D eigenvalue weighted by atomic mass is 9.90. The standard InChI is InChI=1S/C11H12FNO.C11H16NO3P/c12-10-5-3-9(4-6-10)8-13-7-1-2-11(13)14;13-16(14)15-11-3-1-9(2-4-11)10-5-7-12-8-6-10/h3-6H,1-2,7-8H2;1-4,10,12-14H,5-8H2. The van der Waals surface area contributed by atoms with Gasteiger partial charge in [-0.3, -0.25) is 4.79 Å². The van der Waals surface area contributed by atoms with Gasteiger partial charge in [0.15, 0.2) is 0 Å². The lowest BCUT2D eigenvalue weighted by molar-refractivity contribution is -0.128. The van der Waals surface area contributed by atoms with Crippen LogP contribution in [0, 0.1) is 5.82 Å². The van der Waals surface area contributed by atoms with Crippen LogP contribution in [0.3, 0.4) is 0 Å². The van der Waals surface area contributed by atoms with E-state index in [1.807, 2.05) is 17.0 Å². The Morgan fingerprint density at radius 1 is 1.07 bits per heavy atom. The fraction of sp³-hybridized carbons (Fsp3) is 0.409. The molecule has 162 valence electrons. The van der Waals surface area contributed by atoms with Crippen LogP contribution in [0.2, 0.25) is 0 Å². The number of carbonyl (C=O) groups is 1. The zero-order chi connectivity index (χ0) is 21.3. The monoisotopic (exact) mass is 434 g/mol. The van der Waals surface area contributed by atoms with Crippen molar-refractivity contribution < 1.29 is 23.5 Å². The number of nitrogens with zero attached hydrogens (tertiary/aromatic N) is 1. The van der Waals surface area contributed by atoms with Crippen molar-refractivity contribution in [3.05, 3.63) is 65.5 Å². The minimum atomic E-state index is -2.31. The zero-order valence-corrected chi connectivity index (χ0v) is 17.7. The van der Waals surface area contributed by atoms with Crippen LogP contribution in [-0.2, 0) is 11.3 Å². The molecule has 0 unspecified atom stereocenters. The summed E-state index contributed by atoms with van der Waals surface area (Å²) in [6.07, 6.45) is 3.92. The van der Waals surface area contributed by atoms with Crippen LogP contribution in [-0.4, -0.2) is 40.2 Å². The highest BCUT2D eigenvalue weighted by atomic mass is 31.2. The fourth-order valence-corrected chi connectivity index (χ4v) is 4.04. The third-order valence-electron chi connectivity index (χ3n) is 5.34. The van der Waals surface area contributed by atoms with Gasteiger partial charge in [-0.2, -0.15) is 0 Å². The topological polar surface area (TPSA) is 82.0 Å². The summed E-state index contributed by atoms with van der Waals surface area (Å²) in [5.74, 6) is 1.09. The highest BCUT2D eigenvalue weighted by molar-refractivity contribution is 7.39. The van der Waals surface area contributed by atoms with E-state index in [1.165, 1.54) is 17.7 Å². The molecule has 0 radical (unpaired) electrons. The molecule has 2 aliphatic heterocycles. The molecule has 0 aliphatic carbocycles. The van der Waals surface area contributed by atoms with Crippen molar-refractivity contribution in [2.75, 3.05) is 19.6 Å². The SMILES string of the molecule is O=C1CCCN1Cc1ccc(F)cc1.OP(O)Oc1ccc(C2CCNCC2)cc1. The van der Waals surface area contributed by atoms with E-state index in [-0.39, 0.29) is 11.7 Å². The Morgan fingerprint density at radius 2 is 1.73 bits per heavy atom. The highest BCUT2D eigenvalue weighted by Crippen LogP contribution is 2.31. The van der Waals surface area contributed by atoms with Gasteiger partial charge >= 0.3 is 8.60 Å². The molecule has 0 aromatic heterocycles. The van der Waals surface area contributed by atoms with Crippen molar-refractivity contribution in [2.24, 2.45) is 0 Å². The first-order valence-electron chi connectivity index (χ1n) is 10.2. The maximum Gasteiger partial charge on any atom is 0.391 e. The van der Waals surface area contributed by atoms with Crippen LogP contribution in [0.4, 0.5) is 4.39 Å². The lowest BCUT2D eigenvalue weighted by Crippen LogP contribution is -2.26. The smallest absolute Gasteiger partial charge is 0.391 e. The van der Waals surface area contributed by atoms with E-state index >= 15 is 0 Å². The second-order valence-corrected chi connectivity index (χ2v) is 8.17. The molecular formula is C22H28FN2O4P. The number of hydrogen-bond donors (Lipinski definition) is 3. The van der Waals surface area contributed by atoms with Crippen molar-refractivity contribution in [3.8, 4) is 5.75 Å². The molecule has 2 aromatic rings. The van der Waals surface area contributed by atoms with E-state index < -0.39 is 8.60 Å². The number of nitrogens with one attached hydrogen (secondary N) is 1. The summed E-state index contributed by atoms with van der Waals surface area (Å²) in [7, 11) is -2.31. The first kappa shape index (κ1) is 22.6. The van der Waals surface area contributed by atoms with Crippen LogP contribution in [0.5, 0.6) is 5.75 Å². The fourth-order valence-electron chi connectivity index (χ4n) is 3.73. The van der Waals surface area contributed by atoms with E-state index in [4.69, 9.17) is 14.3 Å². The summed E-state index contributed by atoms with van der Waals surface area (Å²) in [6.45, 7) is 3.58. The molecule has 2 saturated heterocycles. The predicted molar refractivity (Wildman–Crippen MR) is 114 cm³/mol. The maximum absolute atomic E-state index is 12.6. The number of carbonyl (C=O) groups excluding carboxylic acids is 1. The summed E-state index contributed by atoms with van der Waals surface area (Å²) >= 11 is 0. The molecule has 6 nitrogen and oxygen atoms in total. The minimum absolute atomic E-state index is 0.203. The Bertz CT molecular complexity index is 796. The zero-order valence-electron chi connectivity index (χ0n) is 16.8. The first-order valence-corrected chi connectivity index (χ1v) is 11.4. The quantitative estimate of drug-likeness (QED) is 0.626. The van der Waals surface area contributed by atoms with Crippen molar-refractivity contribution in [2.45, 2.75) is 38.1 Å². The number of likely N-dealkylation sites (tertiary alicyclic amines) is 1. The molecule has 0 bridgehead atoms. The van der Waals surface area contributed by atoms with Gasteiger partial charge in [0.2, 0.25) is 5.91 Å². The summed E-state index contributed by atoms with van der Waals surface area (Å²) in [4.78, 5) is 30.5. The molecule has 2 aliphatic rings. The van der Waals surface area contributed by atoms with Gasteiger partial charge in [-0.1, -0.05) is 24.3 Å². The Hall–Kier alpha value is -2.05. The van der Waals surface area contributed by atoms with Gasteiger partial charge in [0.05, 0.1) is 0 Å². The summed E-state index contributed by atoms with van der Waals surface area (Å²) in [5, 5.41) is 3.33.